The Labute approximate surface area is 119 Å². The lowest BCUT2D eigenvalue weighted by Crippen LogP contribution is -2.03. The highest BCUT2D eigenvalue weighted by Gasteiger charge is 2.22. The molecule has 1 heterocycles. The Morgan fingerprint density at radius 3 is 2.65 bits per heavy atom. The van der Waals surface area contributed by atoms with E-state index in [1.54, 1.807) is 12.1 Å². The molecule has 0 N–H and O–H groups in total. The van der Waals surface area contributed by atoms with Crippen LogP contribution < -0.4 is 0 Å². The number of halogens is 2. The van der Waals surface area contributed by atoms with Crippen LogP contribution in [0.1, 0.15) is 11.4 Å². The number of nitro benzene ring substituents is 1. The number of hydrogen-bond donors (Lipinski definition) is 0. The van der Waals surface area contributed by atoms with Gasteiger partial charge in [-0.1, -0.05) is 0 Å². The third-order valence-electron chi connectivity index (χ3n) is 2.45. The fraction of sp³-hybridized carbons (Fsp3) is 0. The Balaban J connectivity index is 2.80. The van der Waals surface area contributed by atoms with Gasteiger partial charge in [0.25, 0.3) is 5.69 Å². The summed E-state index contributed by atoms with van der Waals surface area (Å²) in [4.78, 5) is 13.9. The van der Waals surface area contributed by atoms with Crippen molar-refractivity contribution in [2.24, 2.45) is 0 Å². The van der Waals surface area contributed by atoms with Gasteiger partial charge in [-0.25, -0.2) is 9.37 Å². The van der Waals surface area contributed by atoms with E-state index in [0.29, 0.717) is 0 Å². The summed E-state index contributed by atoms with van der Waals surface area (Å²) in [6.07, 6.45) is 1.10. The smallest absolute Gasteiger partial charge is 0.283 e. The van der Waals surface area contributed by atoms with Crippen LogP contribution in [0.15, 0.2) is 22.9 Å². The van der Waals surface area contributed by atoms with Crippen molar-refractivity contribution in [1.29, 1.82) is 10.5 Å². The third-order valence-corrected chi connectivity index (χ3v) is 3.06. The van der Waals surface area contributed by atoms with E-state index in [4.69, 9.17) is 10.5 Å². The first kappa shape index (κ1) is 13.6. The van der Waals surface area contributed by atoms with E-state index in [9.17, 15) is 14.5 Å². The maximum Gasteiger partial charge on any atom is 0.296 e. The molecule has 0 saturated carbocycles. The van der Waals surface area contributed by atoms with Crippen molar-refractivity contribution in [1.82, 2.24) is 9.55 Å². The molecule has 1 aromatic heterocycles. The number of nitro groups is 1. The average Bonchev–Trinajstić information content (AvgIpc) is 2.83. The van der Waals surface area contributed by atoms with Gasteiger partial charge in [0.15, 0.2) is 11.4 Å². The third kappa shape index (κ3) is 2.11. The SMILES string of the molecule is N#Cc1ncn(-c2cc(Br)c(F)cc2[N+](=O)[O-])c1C#N. The molecule has 0 amide bonds. The van der Waals surface area contributed by atoms with Gasteiger partial charge < -0.3 is 0 Å². The number of hydrogen-bond acceptors (Lipinski definition) is 5. The van der Waals surface area contributed by atoms with Crippen molar-refractivity contribution in [2.75, 3.05) is 0 Å². The molecule has 0 fully saturated rings. The molecule has 0 spiro atoms. The quantitative estimate of drug-likeness (QED) is 0.618. The minimum Gasteiger partial charge on any atom is -0.283 e. The van der Waals surface area contributed by atoms with Crippen LogP contribution in [-0.4, -0.2) is 14.5 Å². The van der Waals surface area contributed by atoms with E-state index >= 15 is 0 Å². The zero-order chi connectivity index (χ0) is 14.9. The molecule has 0 saturated heterocycles. The molecule has 1 aromatic carbocycles. The Morgan fingerprint density at radius 1 is 1.40 bits per heavy atom. The molecule has 0 aliphatic heterocycles. The Morgan fingerprint density at radius 2 is 2.10 bits per heavy atom. The number of aromatic nitrogens is 2. The highest BCUT2D eigenvalue weighted by molar-refractivity contribution is 9.10. The average molecular weight is 336 g/mol. The summed E-state index contributed by atoms with van der Waals surface area (Å²) in [6.45, 7) is 0. The molecule has 7 nitrogen and oxygen atoms in total. The van der Waals surface area contributed by atoms with Crippen molar-refractivity contribution in [3.8, 4) is 17.8 Å². The van der Waals surface area contributed by atoms with Crippen molar-refractivity contribution >= 4 is 21.6 Å². The maximum atomic E-state index is 13.4. The monoisotopic (exact) mass is 335 g/mol. The molecule has 98 valence electrons. The summed E-state index contributed by atoms with van der Waals surface area (Å²) in [7, 11) is 0. The molecule has 0 unspecified atom stereocenters. The molecular weight excluding hydrogens is 333 g/mol. The molecular formula is C11H3BrFN5O2. The van der Waals surface area contributed by atoms with E-state index < -0.39 is 16.4 Å². The number of nitriles is 2. The molecule has 0 atom stereocenters. The molecule has 9 heteroatoms. The van der Waals surface area contributed by atoms with Crippen LogP contribution >= 0.6 is 15.9 Å². The zero-order valence-corrected chi connectivity index (χ0v) is 11.1. The van der Waals surface area contributed by atoms with Crippen LogP contribution in [0, 0.1) is 38.6 Å². The predicted molar refractivity (Wildman–Crippen MR) is 67.3 cm³/mol. The van der Waals surface area contributed by atoms with E-state index in [1.807, 2.05) is 0 Å². The first-order chi connectivity index (χ1) is 9.49. The van der Waals surface area contributed by atoms with Crippen LogP contribution in [0.3, 0.4) is 0 Å². The lowest BCUT2D eigenvalue weighted by molar-refractivity contribution is -0.384. The number of nitrogens with zero attached hydrogens (tertiary/aromatic N) is 5. The lowest BCUT2D eigenvalue weighted by atomic mass is 10.2. The first-order valence-electron chi connectivity index (χ1n) is 5.01. The summed E-state index contributed by atoms with van der Waals surface area (Å²) >= 11 is 2.92. The number of imidazole rings is 1. The van der Waals surface area contributed by atoms with E-state index in [0.717, 1.165) is 23.0 Å². The van der Waals surface area contributed by atoms with Crippen LogP contribution in [0.2, 0.25) is 0 Å². The van der Waals surface area contributed by atoms with Crippen LogP contribution in [0.4, 0.5) is 10.1 Å². The van der Waals surface area contributed by atoms with E-state index in [2.05, 4.69) is 20.9 Å². The lowest BCUT2D eigenvalue weighted by Gasteiger charge is -2.06. The highest BCUT2D eigenvalue weighted by Crippen LogP contribution is 2.30. The van der Waals surface area contributed by atoms with Crippen LogP contribution in [0.25, 0.3) is 5.69 Å². The van der Waals surface area contributed by atoms with Crippen molar-refractivity contribution in [2.45, 2.75) is 0 Å². The molecule has 0 aliphatic carbocycles. The fourth-order valence-electron chi connectivity index (χ4n) is 1.58. The summed E-state index contributed by atoms with van der Waals surface area (Å²) in [5.41, 5.74) is -0.922. The Kier molecular flexibility index (Phi) is 3.46. The topological polar surface area (TPSA) is 109 Å². The first-order valence-corrected chi connectivity index (χ1v) is 5.80. The van der Waals surface area contributed by atoms with Crippen molar-refractivity contribution in [3.05, 3.63) is 50.3 Å². The van der Waals surface area contributed by atoms with Crippen LogP contribution in [0.5, 0.6) is 0 Å². The number of rotatable bonds is 2. The van der Waals surface area contributed by atoms with Gasteiger partial charge >= 0.3 is 0 Å². The summed E-state index contributed by atoms with van der Waals surface area (Å²) < 4.78 is 14.5. The van der Waals surface area contributed by atoms with E-state index in [-0.39, 0.29) is 21.5 Å². The fourth-order valence-corrected chi connectivity index (χ4v) is 1.92. The largest absolute Gasteiger partial charge is 0.296 e. The zero-order valence-electron chi connectivity index (χ0n) is 9.54. The molecule has 2 aromatic rings. The number of benzene rings is 1. The minimum absolute atomic E-state index is 0.00537. The second-order valence-corrected chi connectivity index (χ2v) is 4.40. The van der Waals surface area contributed by atoms with Gasteiger partial charge in [-0.3, -0.25) is 14.7 Å². The second kappa shape index (κ2) is 5.07. The van der Waals surface area contributed by atoms with Gasteiger partial charge in [0.05, 0.1) is 15.5 Å². The standard InChI is InChI=1S/C11H3BrFN5O2/c12-6-1-9(10(18(19)20)2-7(6)13)17-5-16-8(3-14)11(17)4-15/h1-2,5H. The van der Waals surface area contributed by atoms with Crippen molar-refractivity contribution in [3.63, 3.8) is 0 Å². The minimum atomic E-state index is -0.806. The normalized spacial score (nSPS) is 9.80. The van der Waals surface area contributed by atoms with E-state index in [1.165, 1.54) is 0 Å². The Bertz CT molecular complexity index is 802. The summed E-state index contributed by atoms with van der Waals surface area (Å²) in [5.74, 6) is -0.806. The van der Waals surface area contributed by atoms with Gasteiger partial charge in [-0.05, 0) is 22.0 Å². The predicted octanol–water partition coefficient (Wildman–Crippen LogP) is 2.43. The summed E-state index contributed by atoms with van der Waals surface area (Å²) in [6, 6.07) is 5.32. The van der Waals surface area contributed by atoms with Gasteiger partial charge in [0.1, 0.15) is 30.0 Å². The van der Waals surface area contributed by atoms with Crippen LogP contribution in [-0.2, 0) is 0 Å². The Hall–Kier alpha value is -2.78. The van der Waals surface area contributed by atoms with Crippen molar-refractivity contribution < 1.29 is 9.31 Å². The maximum absolute atomic E-state index is 13.4. The summed E-state index contributed by atoms with van der Waals surface area (Å²) in [5, 5.41) is 28.8. The molecule has 0 aliphatic rings. The molecule has 20 heavy (non-hydrogen) atoms. The van der Waals surface area contributed by atoms with Gasteiger partial charge in [-0.15, -0.1) is 0 Å². The highest BCUT2D eigenvalue weighted by atomic mass is 79.9. The molecule has 2 rings (SSSR count). The molecule has 0 radical (unpaired) electrons. The van der Waals surface area contributed by atoms with Gasteiger partial charge in [0.2, 0.25) is 0 Å². The molecule has 0 bridgehead atoms. The van der Waals surface area contributed by atoms with Gasteiger partial charge in [-0.2, -0.15) is 10.5 Å². The second-order valence-electron chi connectivity index (χ2n) is 3.55. The van der Waals surface area contributed by atoms with Gasteiger partial charge in [0, 0.05) is 0 Å².